The summed E-state index contributed by atoms with van der Waals surface area (Å²) in [6, 6.07) is 2.31. The molecule has 0 aromatic carbocycles. The molecule has 18 heavy (non-hydrogen) atoms. The number of alkyl halides is 3. The number of hydrazine groups is 1. The van der Waals surface area contributed by atoms with Crippen LogP contribution in [0, 0.1) is 10.1 Å². The van der Waals surface area contributed by atoms with Crippen LogP contribution in [-0.2, 0) is 4.79 Å². The monoisotopic (exact) mass is 264 g/mol. The maximum atomic E-state index is 12.0. The number of nitro groups is 1. The predicted molar refractivity (Wildman–Crippen MR) is 53.5 cm³/mol. The van der Waals surface area contributed by atoms with Gasteiger partial charge in [0.25, 0.3) is 0 Å². The molecule has 0 radical (unpaired) electrons. The van der Waals surface area contributed by atoms with Crippen LogP contribution in [0.3, 0.4) is 0 Å². The molecule has 0 bridgehead atoms. The first-order valence-electron chi connectivity index (χ1n) is 4.44. The molecule has 1 rings (SSSR count). The molecule has 0 unspecified atom stereocenters. The SMILES string of the molecule is CN(NC(=O)C(F)(F)F)c1ncccc1[N+](=O)[O-]. The van der Waals surface area contributed by atoms with Crippen molar-refractivity contribution in [1.29, 1.82) is 0 Å². The molecule has 1 amide bonds. The summed E-state index contributed by atoms with van der Waals surface area (Å²) in [6.45, 7) is 0. The predicted octanol–water partition coefficient (Wildman–Crippen LogP) is 1.02. The van der Waals surface area contributed by atoms with E-state index < -0.39 is 28.5 Å². The van der Waals surface area contributed by atoms with E-state index in [0.717, 1.165) is 19.3 Å². The van der Waals surface area contributed by atoms with Crippen LogP contribution in [0.5, 0.6) is 0 Å². The highest BCUT2D eigenvalue weighted by Crippen LogP contribution is 2.23. The number of halogens is 3. The van der Waals surface area contributed by atoms with Crippen molar-refractivity contribution in [2.24, 2.45) is 0 Å². The Morgan fingerprint density at radius 3 is 2.67 bits per heavy atom. The molecule has 98 valence electrons. The first-order valence-corrected chi connectivity index (χ1v) is 4.44. The number of pyridine rings is 1. The van der Waals surface area contributed by atoms with Crippen LogP contribution < -0.4 is 10.4 Å². The number of hydrogen-bond donors (Lipinski definition) is 1. The van der Waals surface area contributed by atoms with E-state index in [4.69, 9.17) is 0 Å². The van der Waals surface area contributed by atoms with E-state index in [0.29, 0.717) is 5.01 Å². The third-order valence-electron chi connectivity index (χ3n) is 1.81. The van der Waals surface area contributed by atoms with Crippen molar-refractivity contribution in [3.05, 3.63) is 28.4 Å². The number of amides is 1. The number of carbonyl (C=O) groups excluding carboxylic acids is 1. The first kappa shape index (κ1) is 13.7. The first-order chi connectivity index (χ1) is 8.23. The molecule has 1 aromatic rings. The van der Waals surface area contributed by atoms with Crippen LogP contribution in [0.1, 0.15) is 0 Å². The van der Waals surface area contributed by atoms with E-state index in [1.165, 1.54) is 11.5 Å². The van der Waals surface area contributed by atoms with Gasteiger partial charge in [0.2, 0.25) is 5.82 Å². The molecule has 0 aliphatic carbocycles. The van der Waals surface area contributed by atoms with Gasteiger partial charge in [-0.25, -0.2) is 4.98 Å². The normalized spacial score (nSPS) is 10.9. The second-order valence-corrected chi connectivity index (χ2v) is 3.10. The van der Waals surface area contributed by atoms with Gasteiger partial charge in [-0.15, -0.1) is 0 Å². The number of nitrogens with one attached hydrogen (secondary N) is 1. The number of rotatable bonds is 3. The van der Waals surface area contributed by atoms with Crippen LogP contribution in [0.4, 0.5) is 24.7 Å². The molecule has 0 fully saturated rings. The highest BCUT2D eigenvalue weighted by atomic mass is 19.4. The number of carbonyl (C=O) groups is 1. The van der Waals surface area contributed by atoms with Crippen LogP contribution in [0.25, 0.3) is 0 Å². The molecule has 0 saturated heterocycles. The Bertz CT molecular complexity index is 477. The van der Waals surface area contributed by atoms with Crippen LogP contribution in [0.15, 0.2) is 18.3 Å². The molecule has 1 heterocycles. The molecule has 0 atom stereocenters. The van der Waals surface area contributed by atoms with E-state index >= 15 is 0 Å². The summed E-state index contributed by atoms with van der Waals surface area (Å²) in [5.74, 6) is -2.65. The summed E-state index contributed by atoms with van der Waals surface area (Å²) < 4.78 is 36.0. The van der Waals surface area contributed by atoms with Crippen molar-refractivity contribution < 1.29 is 22.9 Å². The minimum Gasteiger partial charge on any atom is -0.265 e. The van der Waals surface area contributed by atoms with E-state index in [1.807, 2.05) is 0 Å². The standard InChI is InChI=1S/C8H7F3N4O3/c1-14(13-7(16)8(9,10)11)6-5(15(17)18)3-2-4-12-6/h2-4H,1H3,(H,13,16). The molecule has 0 aliphatic heterocycles. The summed E-state index contributed by atoms with van der Waals surface area (Å²) in [6.07, 6.45) is -3.93. The van der Waals surface area contributed by atoms with Gasteiger partial charge >= 0.3 is 17.8 Å². The Hall–Kier alpha value is -2.39. The summed E-state index contributed by atoms with van der Waals surface area (Å²) in [4.78, 5) is 24.0. The fourth-order valence-corrected chi connectivity index (χ4v) is 1.06. The molecular weight excluding hydrogens is 257 g/mol. The Balaban J connectivity index is 2.95. The van der Waals surface area contributed by atoms with E-state index in [2.05, 4.69) is 4.98 Å². The van der Waals surface area contributed by atoms with Gasteiger partial charge in [0.15, 0.2) is 0 Å². The van der Waals surface area contributed by atoms with Gasteiger partial charge in [-0.1, -0.05) is 0 Å². The molecule has 10 heteroatoms. The number of anilines is 1. The Morgan fingerprint density at radius 1 is 1.56 bits per heavy atom. The average molecular weight is 264 g/mol. The fraction of sp³-hybridized carbons (Fsp3) is 0.250. The van der Waals surface area contributed by atoms with Gasteiger partial charge in [-0.3, -0.25) is 25.3 Å². The minimum absolute atomic E-state index is 0.403. The average Bonchev–Trinajstić information content (AvgIpc) is 2.27. The van der Waals surface area contributed by atoms with Crippen molar-refractivity contribution in [3.63, 3.8) is 0 Å². The lowest BCUT2D eigenvalue weighted by atomic mass is 10.4. The van der Waals surface area contributed by atoms with Gasteiger partial charge in [0.05, 0.1) is 4.92 Å². The van der Waals surface area contributed by atoms with Crippen molar-refractivity contribution in [2.45, 2.75) is 6.18 Å². The van der Waals surface area contributed by atoms with E-state index in [-0.39, 0.29) is 0 Å². The van der Waals surface area contributed by atoms with Gasteiger partial charge in [0, 0.05) is 19.3 Å². The van der Waals surface area contributed by atoms with Crippen molar-refractivity contribution >= 4 is 17.4 Å². The maximum absolute atomic E-state index is 12.0. The van der Waals surface area contributed by atoms with Gasteiger partial charge in [-0.2, -0.15) is 13.2 Å². The molecule has 1 N–H and O–H groups in total. The summed E-state index contributed by atoms with van der Waals surface area (Å²) in [7, 11) is 1.01. The highest BCUT2D eigenvalue weighted by molar-refractivity contribution is 5.83. The Labute approximate surface area is 98.3 Å². The Kier molecular flexibility index (Phi) is 3.69. The van der Waals surface area contributed by atoms with Crippen molar-refractivity contribution in [3.8, 4) is 0 Å². The summed E-state index contributed by atoms with van der Waals surface area (Å²) in [5.41, 5.74) is 0.908. The number of nitrogens with zero attached hydrogens (tertiary/aromatic N) is 3. The number of aromatic nitrogens is 1. The lowest BCUT2D eigenvalue weighted by Gasteiger charge is -2.19. The zero-order chi connectivity index (χ0) is 13.9. The second kappa shape index (κ2) is 4.85. The molecule has 0 spiro atoms. The van der Waals surface area contributed by atoms with Crippen LogP contribution in [-0.4, -0.2) is 29.0 Å². The fourth-order valence-electron chi connectivity index (χ4n) is 1.06. The van der Waals surface area contributed by atoms with Gasteiger partial charge in [-0.05, 0) is 6.07 Å². The van der Waals surface area contributed by atoms with Crippen LogP contribution in [0.2, 0.25) is 0 Å². The second-order valence-electron chi connectivity index (χ2n) is 3.10. The topological polar surface area (TPSA) is 88.4 Å². The minimum atomic E-state index is -5.09. The lowest BCUT2D eigenvalue weighted by Crippen LogP contribution is -2.46. The summed E-state index contributed by atoms with van der Waals surface area (Å²) in [5, 5.41) is 11.1. The van der Waals surface area contributed by atoms with Crippen molar-refractivity contribution in [1.82, 2.24) is 10.4 Å². The zero-order valence-corrected chi connectivity index (χ0v) is 8.93. The molecule has 0 aliphatic rings. The quantitative estimate of drug-likeness (QED) is 0.650. The Morgan fingerprint density at radius 2 is 2.17 bits per heavy atom. The molecule has 0 saturated carbocycles. The molecular formula is C8H7F3N4O3. The van der Waals surface area contributed by atoms with Gasteiger partial charge < -0.3 is 0 Å². The molecule has 7 nitrogen and oxygen atoms in total. The molecule has 1 aromatic heterocycles. The lowest BCUT2D eigenvalue weighted by molar-refractivity contribution is -0.384. The third kappa shape index (κ3) is 3.06. The van der Waals surface area contributed by atoms with Crippen LogP contribution >= 0.6 is 0 Å². The summed E-state index contributed by atoms with van der Waals surface area (Å²) >= 11 is 0. The zero-order valence-electron chi connectivity index (χ0n) is 8.93. The van der Waals surface area contributed by atoms with E-state index in [1.54, 1.807) is 0 Å². The number of hydrogen-bond acceptors (Lipinski definition) is 5. The third-order valence-corrected chi connectivity index (χ3v) is 1.81. The highest BCUT2D eigenvalue weighted by Gasteiger charge is 2.40. The van der Waals surface area contributed by atoms with E-state index in [9.17, 15) is 28.1 Å². The largest absolute Gasteiger partial charge is 0.472 e. The van der Waals surface area contributed by atoms with Crippen molar-refractivity contribution in [2.75, 3.05) is 12.1 Å². The maximum Gasteiger partial charge on any atom is 0.472 e. The van der Waals surface area contributed by atoms with Gasteiger partial charge in [0.1, 0.15) is 0 Å². The smallest absolute Gasteiger partial charge is 0.265 e.